The normalized spacial score (nSPS) is 12.0. The Balaban J connectivity index is 2.38. The molecule has 1 aromatic rings. The van der Waals surface area contributed by atoms with Crippen LogP contribution in [-0.4, -0.2) is 30.9 Å². The predicted octanol–water partition coefficient (Wildman–Crippen LogP) is 2.13. The third-order valence-corrected chi connectivity index (χ3v) is 3.61. The minimum atomic E-state index is -0.186. The third kappa shape index (κ3) is 7.04. The molecule has 1 rings (SSSR count). The Labute approximate surface area is 140 Å². The number of benzene rings is 1. The van der Waals surface area contributed by atoms with Crippen LogP contribution in [0.4, 0.5) is 0 Å². The summed E-state index contributed by atoms with van der Waals surface area (Å²) in [6.45, 7) is 6.02. The van der Waals surface area contributed by atoms with Crippen molar-refractivity contribution in [2.45, 2.75) is 39.3 Å². The number of halogens is 1. The van der Waals surface area contributed by atoms with Gasteiger partial charge in [-0.15, -0.1) is 0 Å². The fourth-order valence-corrected chi connectivity index (χ4v) is 2.29. The van der Waals surface area contributed by atoms with Crippen LogP contribution in [0.5, 0.6) is 0 Å². The van der Waals surface area contributed by atoms with E-state index in [4.69, 9.17) is 0 Å². The van der Waals surface area contributed by atoms with E-state index in [1.54, 1.807) is 0 Å². The summed E-state index contributed by atoms with van der Waals surface area (Å²) in [6, 6.07) is 8.21. The Kier molecular flexibility index (Phi) is 8.12. The fourth-order valence-electron chi connectivity index (χ4n) is 2.02. The molecule has 0 saturated heterocycles. The highest BCUT2D eigenvalue weighted by molar-refractivity contribution is 9.10. The van der Waals surface area contributed by atoms with Gasteiger partial charge in [0.15, 0.2) is 0 Å². The van der Waals surface area contributed by atoms with E-state index in [-0.39, 0.29) is 37.0 Å². The molecule has 3 N–H and O–H groups in total. The van der Waals surface area contributed by atoms with Crippen molar-refractivity contribution in [1.29, 1.82) is 0 Å². The van der Waals surface area contributed by atoms with E-state index < -0.39 is 0 Å². The maximum Gasteiger partial charge on any atom is 0.239 e. The first-order valence-electron chi connectivity index (χ1n) is 7.47. The lowest BCUT2D eigenvalue weighted by Gasteiger charge is -2.17. The highest BCUT2D eigenvalue weighted by atomic mass is 79.9. The molecule has 122 valence electrons. The molecule has 0 unspecified atom stereocenters. The smallest absolute Gasteiger partial charge is 0.239 e. The van der Waals surface area contributed by atoms with Gasteiger partial charge in [-0.1, -0.05) is 35.0 Å². The molecule has 22 heavy (non-hydrogen) atoms. The van der Waals surface area contributed by atoms with Gasteiger partial charge >= 0.3 is 0 Å². The summed E-state index contributed by atoms with van der Waals surface area (Å²) in [6.07, 6.45) is 0.878. The van der Waals surface area contributed by atoms with Crippen molar-refractivity contribution in [3.05, 3.63) is 34.3 Å². The summed E-state index contributed by atoms with van der Waals surface area (Å²) in [4.78, 5) is 23.2. The van der Waals surface area contributed by atoms with Gasteiger partial charge in [0.2, 0.25) is 11.8 Å². The molecule has 0 radical (unpaired) electrons. The molecule has 5 nitrogen and oxygen atoms in total. The summed E-state index contributed by atoms with van der Waals surface area (Å²) >= 11 is 3.41. The highest BCUT2D eigenvalue weighted by Crippen LogP contribution is 2.19. The molecule has 0 aliphatic heterocycles. The average molecular weight is 370 g/mol. The Bertz CT molecular complexity index is 489. The van der Waals surface area contributed by atoms with Crippen LogP contribution in [0.2, 0.25) is 0 Å². The van der Waals surface area contributed by atoms with Gasteiger partial charge in [-0.25, -0.2) is 0 Å². The molecule has 1 aromatic carbocycles. The molecule has 0 spiro atoms. The van der Waals surface area contributed by atoms with Gasteiger partial charge < -0.3 is 16.0 Å². The van der Waals surface area contributed by atoms with Gasteiger partial charge in [0.05, 0.1) is 13.1 Å². The maximum atomic E-state index is 11.8. The third-order valence-electron chi connectivity index (χ3n) is 3.09. The maximum absolute atomic E-state index is 11.8. The van der Waals surface area contributed by atoms with Crippen molar-refractivity contribution < 1.29 is 9.59 Å². The van der Waals surface area contributed by atoms with Gasteiger partial charge in [-0.3, -0.25) is 9.59 Å². The molecule has 0 heterocycles. The second-order valence-corrected chi connectivity index (χ2v) is 6.31. The zero-order valence-corrected chi connectivity index (χ0v) is 14.9. The quantitative estimate of drug-likeness (QED) is 0.657. The van der Waals surface area contributed by atoms with Crippen molar-refractivity contribution in [3.8, 4) is 0 Å². The zero-order valence-electron chi connectivity index (χ0n) is 13.3. The first-order chi connectivity index (χ1) is 10.4. The van der Waals surface area contributed by atoms with Gasteiger partial charge in [-0.2, -0.15) is 0 Å². The molecule has 6 heteroatoms. The monoisotopic (exact) mass is 369 g/mol. The molecule has 1 atom stereocenters. The first kappa shape index (κ1) is 18.6. The standard InChI is InChI=1S/C16H24BrN3O2/c1-4-14(12-5-7-13(17)8-6-12)18-9-15(21)19-10-16(22)20-11(2)3/h5-8,11,14,18H,4,9-10H2,1-3H3,(H,19,21)(H,20,22)/t14-/m1/s1. The lowest BCUT2D eigenvalue weighted by atomic mass is 10.0. The molecule has 2 amide bonds. The van der Waals surface area contributed by atoms with E-state index in [1.807, 2.05) is 38.1 Å². The lowest BCUT2D eigenvalue weighted by molar-refractivity contribution is -0.126. The molecular weight excluding hydrogens is 346 g/mol. The number of hydrogen-bond acceptors (Lipinski definition) is 3. The van der Waals surface area contributed by atoms with E-state index in [9.17, 15) is 9.59 Å². The Morgan fingerprint density at radius 1 is 1.09 bits per heavy atom. The summed E-state index contributed by atoms with van der Waals surface area (Å²) in [5.74, 6) is -0.363. The van der Waals surface area contributed by atoms with Crippen LogP contribution >= 0.6 is 15.9 Å². The van der Waals surface area contributed by atoms with Crippen LogP contribution in [0.1, 0.15) is 38.8 Å². The topological polar surface area (TPSA) is 70.2 Å². The highest BCUT2D eigenvalue weighted by Gasteiger charge is 2.11. The summed E-state index contributed by atoms with van der Waals surface area (Å²) in [5, 5.41) is 8.54. The molecule has 0 aliphatic carbocycles. The van der Waals surface area contributed by atoms with Crippen LogP contribution in [0.15, 0.2) is 28.7 Å². The lowest BCUT2D eigenvalue weighted by Crippen LogP contribution is -2.43. The predicted molar refractivity (Wildman–Crippen MR) is 91.5 cm³/mol. The van der Waals surface area contributed by atoms with Gasteiger partial charge in [-0.05, 0) is 38.0 Å². The largest absolute Gasteiger partial charge is 0.352 e. The summed E-state index contributed by atoms with van der Waals surface area (Å²) < 4.78 is 1.03. The molecule has 0 aliphatic rings. The first-order valence-corrected chi connectivity index (χ1v) is 8.26. The van der Waals surface area contributed by atoms with Gasteiger partial charge in [0.25, 0.3) is 0 Å². The van der Waals surface area contributed by atoms with E-state index in [1.165, 1.54) is 0 Å². The van der Waals surface area contributed by atoms with Crippen LogP contribution in [0, 0.1) is 0 Å². The van der Waals surface area contributed by atoms with Crippen molar-refractivity contribution in [1.82, 2.24) is 16.0 Å². The number of nitrogens with one attached hydrogen (secondary N) is 3. The zero-order chi connectivity index (χ0) is 16.5. The Morgan fingerprint density at radius 3 is 2.27 bits per heavy atom. The second kappa shape index (κ2) is 9.58. The van der Waals surface area contributed by atoms with E-state index in [0.29, 0.717) is 0 Å². The molecular formula is C16H24BrN3O2. The molecule has 0 aromatic heterocycles. The summed E-state index contributed by atoms with van der Waals surface area (Å²) in [5.41, 5.74) is 1.14. The summed E-state index contributed by atoms with van der Waals surface area (Å²) in [7, 11) is 0. The number of carbonyl (C=O) groups excluding carboxylic acids is 2. The minimum absolute atomic E-state index is 0.00771. The second-order valence-electron chi connectivity index (χ2n) is 5.39. The van der Waals surface area contributed by atoms with Crippen LogP contribution < -0.4 is 16.0 Å². The van der Waals surface area contributed by atoms with E-state index in [0.717, 1.165) is 16.5 Å². The van der Waals surface area contributed by atoms with Gasteiger partial charge in [0, 0.05) is 16.6 Å². The van der Waals surface area contributed by atoms with Crippen LogP contribution in [0.3, 0.4) is 0 Å². The Morgan fingerprint density at radius 2 is 1.73 bits per heavy atom. The fraction of sp³-hybridized carbons (Fsp3) is 0.500. The SMILES string of the molecule is CC[C@@H](NCC(=O)NCC(=O)NC(C)C)c1ccc(Br)cc1. The average Bonchev–Trinajstić information content (AvgIpc) is 2.46. The molecule has 0 fully saturated rings. The van der Waals surface area contributed by atoms with Crippen LogP contribution in [0.25, 0.3) is 0 Å². The van der Waals surface area contributed by atoms with E-state index >= 15 is 0 Å². The minimum Gasteiger partial charge on any atom is -0.352 e. The number of rotatable bonds is 8. The number of carbonyl (C=O) groups is 2. The van der Waals surface area contributed by atoms with E-state index in [2.05, 4.69) is 38.8 Å². The number of amides is 2. The van der Waals surface area contributed by atoms with Crippen molar-refractivity contribution >= 4 is 27.7 Å². The molecule has 0 bridgehead atoms. The Hall–Kier alpha value is -1.40. The number of hydrogen-bond donors (Lipinski definition) is 3. The van der Waals surface area contributed by atoms with Crippen molar-refractivity contribution in [2.24, 2.45) is 0 Å². The van der Waals surface area contributed by atoms with Crippen LogP contribution in [-0.2, 0) is 9.59 Å². The van der Waals surface area contributed by atoms with Crippen molar-refractivity contribution in [2.75, 3.05) is 13.1 Å². The van der Waals surface area contributed by atoms with Crippen molar-refractivity contribution in [3.63, 3.8) is 0 Å². The molecule has 0 saturated carbocycles. The van der Waals surface area contributed by atoms with Gasteiger partial charge in [0.1, 0.15) is 0 Å².